The molecule has 0 amide bonds. The van der Waals surface area contributed by atoms with Gasteiger partial charge >= 0.3 is 6.18 Å². The highest BCUT2D eigenvalue weighted by Gasteiger charge is 2.26. The van der Waals surface area contributed by atoms with Gasteiger partial charge in [0.1, 0.15) is 11.6 Å². The summed E-state index contributed by atoms with van der Waals surface area (Å²) in [6, 6.07) is 3.56. The summed E-state index contributed by atoms with van der Waals surface area (Å²) in [5, 5.41) is 9.15. The van der Waals surface area contributed by atoms with E-state index in [0.717, 1.165) is 6.07 Å². The number of ether oxygens (including phenoxy) is 1. The minimum absolute atomic E-state index is 0.0103. The molecule has 96 valence electrons. The van der Waals surface area contributed by atoms with Gasteiger partial charge in [-0.3, -0.25) is 0 Å². The second-order valence-electron chi connectivity index (χ2n) is 3.57. The van der Waals surface area contributed by atoms with E-state index in [4.69, 9.17) is 9.84 Å². The average Bonchev–Trinajstić information content (AvgIpc) is 2.15. The Morgan fingerprint density at radius 1 is 1.35 bits per heavy atom. The maximum atomic E-state index is 13.3. The lowest BCUT2D eigenvalue weighted by molar-refractivity contribution is -0.139. The van der Waals surface area contributed by atoms with Gasteiger partial charge in [0.25, 0.3) is 0 Å². The van der Waals surface area contributed by atoms with E-state index in [9.17, 15) is 17.6 Å². The van der Waals surface area contributed by atoms with Crippen molar-refractivity contribution in [1.29, 1.82) is 0 Å². The highest BCUT2D eigenvalue weighted by Crippen LogP contribution is 2.23. The predicted octanol–water partition coefficient (Wildman–Crippen LogP) is 3.21. The van der Waals surface area contributed by atoms with Crippen molar-refractivity contribution in [1.82, 2.24) is 0 Å². The molecule has 0 aliphatic carbocycles. The monoisotopic (exact) mass is 252 g/mol. The molecular formula is C11H12F4O2. The van der Waals surface area contributed by atoms with Gasteiger partial charge in [-0.1, -0.05) is 0 Å². The van der Waals surface area contributed by atoms with Crippen LogP contribution in [-0.4, -0.2) is 17.9 Å². The topological polar surface area (TPSA) is 29.5 Å². The van der Waals surface area contributed by atoms with Crippen molar-refractivity contribution in [2.24, 2.45) is 0 Å². The molecule has 0 saturated carbocycles. The molecule has 1 atom stereocenters. The molecule has 0 aliphatic heterocycles. The van der Waals surface area contributed by atoms with E-state index in [-0.39, 0.29) is 11.3 Å². The number of aliphatic hydroxyl groups excluding tert-OH is 1. The van der Waals surface area contributed by atoms with Crippen LogP contribution in [0.1, 0.15) is 25.0 Å². The number of rotatable bonds is 4. The molecule has 0 heterocycles. The molecule has 0 radical (unpaired) electrons. The first-order valence-electron chi connectivity index (χ1n) is 4.96. The summed E-state index contributed by atoms with van der Waals surface area (Å²) in [5.41, 5.74) is 0.0770. The van der Waals surface area contributed by atoms with Crippen LogP contribution in [0.25, 0.3) is 0 Å². The minimum atomic E-state index is -4.29. The van der Waals surface area contributed by atoms with Crippen molar-refractivity contribution in [3.8, 4) is 5.75 Å². The summed E-state index contributed by atoms with van der Waals surface area (Å²) in [6.45, 7) is 0.833. The smallest absolute Gasteiger partial charge is 0.392 e. The largest absolute Gasteiger partial charge is 0.493 e. The number of halogens is 4. The second-order valence-corrected chi connectivity index (χ2v) is 3.57. The normalized spacial score (nSPS) is 13.5. The fourth-order valence-electron chi connectivity index (χ4n) is 1.22. The van der Waals surface area contributed by atoms with E-state index < -0.39 is 31.1 Å². The van der Waals surface area contributed by atoms with Crippen LogP contribution in [-0.2, 0) is 0 Å². The summed E-state index contributed by atoms with van der Waals surface area (Å²) >= 11 is 0. The number of benzene rings is 1. The van der Waals surface area contributed by atoms with Crippen LogP contribution in [0.3, 0.4) is 0 Å². The van der Waals surface area contributed by atoms with Gasteiger partial charge in [0, 0.05) is 11.6 Å². The Labute approximate surface area is 95.8 Å². The SMILES string of the molecule is CC(O)c1ccc(OCCC(F)(F)F)cc1F. The maximum absolute atomic E-state index is 13.3. The Hall–Kier alpha value is -1.30. The zero-order chi connectivity index (χ0) is 13.1. The second kappa shape index (κ2) is 5.35. The molecule has 6 heteroatoms. The van der Waals surface area contributed by atoms with Crippen molar-refractivity contribution in [3.05, 3.63) is 29.6 Å². The van der Waals surface area contributed by atoms with E-state index >= 15 is 0 Å². The molecule has 1 N–H and O–H groups in total. The lowest BCUT2D eigenvalue weighted by Crippen LogP contribution is -2.13. The van der Waals surface area contributed by atoms with Crippen molar-refractivity contribution in [2.75, 3.05) is 6.61 Å². The summed E-state index contributed by atoms with van der Waals surface area (Å²) in [5.74, 6) is -0.694. The highest BCUT2D eigenvalue weighted by molar-refractivity contribution is 5.29. The van der Waals surface area contributed by atoms with Crippen molar-refractivity contribution < 1.29 is 27.4 Å². The fraction of sp³-hybridized carbons (Fsp3) is 0.455. The molecule has 0 saturated heterocycles. The zero-order valence-electron chi connectivity index (χ0n) is 9.09. The van der Waals surface area contributed by atoms with E-state index in [1.54, 1.807) is 0 Å². The van der Waals surface area contributed by atoms with Crippen LogP contribution < -0.4 is 4.74 Å². The fourth-order valence-corrected chi connectivity index (χ4v) is 1.22. The van der Waals surface area contributed by atoms with Crippen LogP contribution >= 0.6 is 0 Å². The average molecular weight is 252 g/mol. The molecule has 17 heavy (non-hydrogen) atoms. The van der Waals surface area contributed by atoms with Gasteiger partial charge in [-0.2, -0.15) is 13.2 Å². The third-order valence-corrected chi connectivity index (χ3v) is 2.08. The molecule has 0 aliphatic rings. The summed E-state index contributed by atoms with van der Waals surface area (Å²) in [4.78, 5) is 0. The maximum Gasteiger partial charge on any atom is 0.392 e. The third-order valence-electron chi connectivity index (χ3n) is 2.08. The summed E-state index contributed by atoms with van der Waals surface area (Å²) < 4.78 is 53.5. The van der Waals surface area contributed by atoms with Crippen LogP contribution in [0, 0.1) is 5.82 Å². The van der Waals surface area contributed by atoms with Crippen molar-refractivity contribution in [3.63, 3.8) is 0 Å². The van der Waals surface area contributed by atoms with E-state index in [1.807, 2.05) is 0 Å². The van der Waals surface area contributed by atoms with E-state index in [1.165, 1.54) is 19.1 Å². The Morgan fingerprint density at radius 2 is 2.00 bits per heavy atom. The van der Waals surface area contributed by atoms with Crippen molar-refractivity contribution >= 4 is 0 Å². The number of hydrogen-bond acceptors (Lipinski definition) is 2. The molecule has 0 bridgehead atoms. The minimum Gasteiger partial charge on any atom is -0.493 e. The molecule has 1 unspecified atom stereocenters. The molecule has 0 fully saturated rings. The molecule has 0 spiro atoms. The molecule has 1 aromatic carbocycles. The van der Waals surface area contributed by atoms with Gasteiger partial charge < -0.3 is 9.84 Å². The van der Waals surface area contributed by atoms with Crippen molar-refractivity contribution in [2.45, 2.75) is 25.6 Å². The molecule has 2 nitrogen and oxygen atoms in total. The van der Waals surface area contributed by atoms with Gasteiger partial charge in [0.05, 0.1) is 19.1 Å². The third kappa shape index (κ3) is 4.60. The standard InChI is InChI=1S/C11H12F4O2/c1-7(16)9-3-2-8(6-10(9)12)17-5-4-11(13,14)15/h2-3,6-7,16H,4-5H2,1H3. The van der Waals surface area contributed by atoms with Crippen LogP contribution in [0.4, 0.5) is 17.6 Å². The Morgan fingerprint density at radius 3 is 2.47 bits per heavy atom. The first-order valence-corrected chi connectivity index (χ1v) is 4.96. The van der Waals surface area contributed by atoms with Gasteiger partial charge in [0.15, 0.2) is 0 Å². The predicted molar refractivity (Wildman–Crippen MR) is 53.2 cm³/mol. The number of hydrogen-bond donors (Lipinski definition) is 1. The summed E-state index contributed by atoms with van der Waals surface area (Å²) in [6.07, 6.45) is -6.36. The van der Waals surface area contributed by atoms with E-state index in [2.05, 4.69) is 0 Å². The first-order chi connectivity index (χ1) is 7.79. The lowest BCUT2D eigenvalue weighted by atomic mass is 10.1. The molecular weight excluding hydrogens is 240 g/mol. The Balaban J connectivity index is 2.59. The Bertz CT molecular complexity index is 374. The van der Waals surface area contributed by atoms with Gasteiger partial charge in [-0.15, -0.1) is 0 Å². The first kappa shape index (κ1) is 13.8. The lowest BCUT2D eigenvalue weighted by Gasteiger charge is -2.11. The number of alkyl halides is 3. The van der Waals surface area contributed by atoms with Gasteiger partial charge in [-0.25, -0.2) is 4.39 Å². The van der Waals surface area contributed by atoms with E-state index in [0.29, 0.717) is 0 Å². The number of aliphatic hydroxyl groups is 1. The molecule has 0 aromatic heterocycles. The molecule has 1 rings (SSSR count). The molecule has 1 aromatic rings. The highest BCUT2D eigenvalue weighted by atomic mass is 19.4. The quantitative estimate of drug-likeness (QED) is 0.834. The Kier molecular flexibility index (Phi) is 4.34. The van der Waals surface area contributed by atoms with Gasteiger partial charge in [-0.05, 0) is 19.1 Å². The zero-order valence-corrected chi connectivity index (χ0v) is 9.09. The van der Waals surface area contributed by atoms with Gasteiger partial charge in [0.2, 0.25) is 0 Å². The van der Waals surface area contributed by atoms with Crippen LogP contribution in [0.2, 0.25) is 0 Å². The summed E-state index contributed by atoms with van der Waals surface area (Å²) in [7, 11) is 0. The van der Waals surface area contributed by atoms with Crippen LogP contribution in [0.15, 0.2) is 18.2 Å². The van der Waals surface area contributed by atoms with Crippen LogP contribution in [0.5, 0.6) is 5.75 Å².